The van der Waals surface area contributed by atoms with Crippen LogP contribution >= 0.6 is 0 Å². The molecule has 184 valence electrons. The quantitative estimate of drug-likeness (QED) is 0.519. The molecule has 9 nitrogen and oxygen atoms in total. The van der Waals surface area contributed by atoms with Gasteiger partial charge in [-0.05, 0) is 49.4 Å². The molecule has 0 amide bonds. The van der Waals surface area contributed by atoms with Gasteiger partial charge >= 0.3 is 5.56 Å². The summed E-state index contributed by atoms with van der Waals surface area (Å²) in [6, 6.07) is 14.1. The van der Waals surface area contributed by atoms with Gasteiger partial charge < -0.3 is 9.64 Å². The number of benzene rings is 1. The highest BCUT2D eigenvalue weighted by atomic mass is 32.2. The summed E-state index contributed by atoms with van der Waals surface area (Å²) in [6.45, 7) is 3.58. The van der Waals surface area contributed by atoms with Gasteiger partial charge in [-0.2, -0.15) is 14.1 Å². The molecule has 1 aromatic carbocycles. The van der Waals surface area contributed by atoms with Crippen molar-refractivity contribution in [3.8, 4) is 11.4 Å². The van der Waals surface area contributed by atoms with E-state index in [0.717, 1.165) is 19.3 Å². The first-order chi connectivity index (χ1) is 16.9. The molecule has 3 heterocycles. The zero-order valence-corrected chi connectivity index (χ0v) is 20.5. The van der Waals surface area contributed by atoms with E-state index in [1.807, 2.05) is 35.2 Å². The van der Waals surface area contributed by atoms with Crippen molar-refractivity contribution in [2.24, 2.45) is 5.92 Å². The molecule has 1 saturated heterocycles. The second-order valence-electron chi connectivity index (χ2n) is 9.13. The van der Waals surface area contributed by atoms with Gasteiger partial charge in [0.25, 0.3) is 10.0 Å². The number of nitrogens with zero attached hydrogens (tertiary/aromatic N) is 5. The molecule has 2 aromatic heterocycles. The molecule has 5 rings (SSSR count). The van der Waals surface area contributed by atoms with Crippen LogP contribution < -0.4 is 15.2 Å². The molecule has 2 aliphatic rings. The third kappa shape index (κ3) is 4.81. The van der Waals surface area contributed by atoms with Gasteiger partial charge in [-0.25, -0.2) is 13.4 Å². The van der Waals surface area contributed by atoms with Crippen LogP contribution in [0.1, 0.15) is 26.2 Å². The van der Waals surface area contributed by atoms with Crippen LogP contribution in [0.4, 0.5) is 5.69 Å². The Morgan fingerprint density at radius 1 is 0.971 bits per heavy atom. The fourth-order valence-corrected chi connectivity index (χ4v) is 6.10. The van der Waals surface area contributed by atoms with Crippen LogP contribution in [-0.2, 0) is 10.0 Å². The molecule has 10 heteroatoms. The Balaban J connectivity index is 1.42. The fourth-order valence-electron chi connectivity index (χ4n) is 4.75. The highest BCUT2D eigenvalue weighted by molar-refractivity contribution is 7.89. The first kappa shape index (κ1) is 23.5. The van der Waals surface area contributed by atoms with Crippen molar-refractivity contribution in [3.63, 3.8) is 0 Å². The minimum Gasteiger partial charge on any atom is -0.483 e. The number of hydrogen-bond donors (Lipinski definition) is 0. The Hall–Kier alpha value is -3.24. The van der Waals surface area contributed by atoms with Crippen LogP contribution in [0.25, 0.3) is 5.69 Å². The number of sulfonamides is 1. The normalized spacial score (nSPS) is 21.2. The number of ether oxygens (including phenoxy) is 1. The lowest BCUT2D eigenvalue weighted by molar-refractivity contribution is 0.201. The van der Waals surface area contributed by atoms with Crippen LogP contribution in [0.2, 0.25) is 0 Å². The molecule has 35 heavy (non-hydrogen) atoms. The molecule has 1 aliphatic heterocycles. The van der Waals surface area contributed by atoms with Gasteiger partial charge in [0.05, 0.1) is 18.0 Å². The van der Waals surface area contributed by atoms with Crippen molar-refractivity contribution in [3.05, 3.63) is 71.3 Å². The second-order valence-corrected chi connectivity index (χ2v) is 11.0. The topological polar surface area (TPSA) is 97.6 Å². The van der Waals surface area contributed by atoms with Gasteiger partial charge in [0, 0.05) is 32.4 Å². The Kier molecular flexibility index (Phi) is 6.57. The van der Waals surface area contributed by atoms with Crippen molar-refractivity contribution in [2.75, 3.05) is 31.1 Å². The minimum absolute atomic E-state index is 0.0195. The molecule has 1 saturated carbocycles. The summed E-state index contributed by atoms with van der Waals surface area (Å²) in [5.41, 5.74) is 0.966. The number of piperazine rings is 1. The zero-order chi connectivity index (χ0) is 24.4. The minimum atomic E-state index is -3.67. The highest BCUT2D eigenvalue weighted by Crippen LogP contribution is 2.32. The molecule has 1 aliphatic carbocycles. The van der Waals surface area contributed by atoms with Gasteiger partial charge in [-0.1, -0.05) is 31.2 Å². The van der Waals surface area contributed by atoms with Crippen LogP contribution in [0.5, 0.6) is 5.75 Å². The molecule has 2 atom stereocenters. The SMILES string of the molecule is CC1CCC(Oc2c(N3CCN(S(=O)(=O)c4ccccn4)CC3)cnn(-c3ccccc3)c2=O)C1. The van der Waals surface area contributed by atoms with E-state index in [4.69, 9.17) is 4.74 Å². The number of rotatable bonds is 6. The Labute approximate surface area is 205 Å². The van der Waals surface area contributed by atoms with Crippen molar-refractivity contribution in [2.45, 2.75) is 37.3 Å². The van der Waals surface area contributed by atoms with Crippen LogP contribution in [0.15, 0.2) is 70.7 Å². The third-order valence-corrected chi connectivity index (χ3v) is 8.48. The van der Waals surface area contributed by atoms with Crippen LogP contribution in [0, 0.1) is 5.92 Å². The number of aromatic nitrogens is 3. The predicted octanol–water partition coefficient (Wildman–Crippen LogP) is 2.71. The summed E-state index contributed by atoms with van der Waals surface area (Å²) < 4.78 is 35.1. The van der Waals surface area contributed by atoms with E-state index in [1.165, 1.54) is 21.3 Å². The maximum Gasteiger partial charge on any atom is 0.316 e. The number of pyridine rings is 1. The predicted molar refractivity (Wildman–Crippen MR) is 132 cm³/mol. The van der Waals surface area contributed by atoms with Gasteiger partial charge in [0.2, 0.25) is 5.75 Å². The van der Waals surface area contributed by atoms with E-state index in [1.54, 1.807) is 18.3 Å². The summed E-state index contributed by atoms with van der Waals surface area (Å²) in [7, 11) is -3.67. The number of para-hydroxylation sites is 1. The van der Waals surface area contributed by atoms with Crippen molar-refractivity contribution in [1.82, 2.24) is 19.1 Å². The van der Waals surface area contributed by atoms with Gasteiger partial charge in [0.1, 0.15) is 5.69 Å². The highest BCUT2D eigenvalue weighted by Gasteiger charge is 2.32. The number of anilines is 1. The second kappa shape index (κ2) is 9.79. The average Bonchev–Trinajstić information content (AvgIpc) is 3.31. The molecule has 3 aromatic rings. The van der Waals surface area contributed by atoms with Crippen LogP contribution in [-0.4, -0.2) is 59.8 Å². The van der Waals surface area contributed by atoms with Gasteiger partial charge in [-0.3, -0.25) is 4.79 Å². The summed E-state index contributed by atoms with van der Waals surface area (Å²) in [5.74, 6) is 0.839. The Morgan fingerprint density at radius 2 is 1.71 bits per heavy atom. The van der Waals surface area contributed by atoms with Crippen LogP contribution in [0.3, 0.4) is 0 Å². The zero-order valence-electron chi connectivity index (χ0n) is 19.7. The van der Waals surface area contributed by atoms with E-state index >= 15 is 0 Å². The largest absolute Gasteiger partial charge is 0.483 e. The van der Waals surface area contributed by atoms with Crippen molar-refractivity contribution >= 4 is 15.7 Å². The van der Waals surface area contributed by atoms with E-state index in [-0.39, 0.29) is 35.5 Å². The average molecular weight is 496 g/mol. The lowest BCUT2D eigenvalue weighted by Crippen LogP contribution is -2.49. The van der Waals surface area contributed by atoms with E-state index in [9.17, 15) is 13.2 Å². The lowest BCUT2D eigenvalue weighted by atomic mass is 10.1. The van der Waals surface area contributed by atoms with Gasteiger partial charge in [0.15, 0.2) is 5.03 Å². The lowest BCUT2D eigenvalue weighted by Gasteiger charge is -2.35. The molecule has 0 N–H and O–H groups in total. The van der Waals surface area contributed by atoms with E-state index in [0.29, 0.717) is 30.4 Å². The molecule has 0 radical (unpaired) electrons. The summed E-state index contributed by atoms with van der Waals surface area (Å²) in [5, 5.41) is 4.47. The first-order valence-corrected chi connectivity index (χ1v) is 13.4. The summed E-state index contributed by atoms with van der Waals surface area (Å²) in [4.78, 5) is 19.5. The molecular formula is C25H29N5O4S. The maximum absolute atomic E-state index is 13.5. The standard InChI is InChI=1S/C25H29N5O4S/c1-19-10-11-21(17-19)34-24-22(18-27-30(25(24)31)20-7-3-2-4-8-20)28-13-15-29(16-14-28)35(32,33)23-9-5-6-12-26-23/h2-9,12,18-19,21H,10-11,13-17H2,1H3. The van der Waals surface area contributed by atoms with E-state index < -0.39 is 10.0 Å². The molecule has 2 unspecified atom stereocenters. The number of hydrogen-bond acceptors (Lipinski definition) is 7. The summed E-state index contributed by atoms with van der Waals surface area (Å²) in [6.07, 6.45) is 6.00. The Bertz CT molecular complexity index is 1320. The molecule has 2 fully saturated rings. The smallest absolute Gasteiger partial charge is 0.316 e. The monoisotopic (exact) mass is 495 g/mol. The molecule has 0 bridgehead atoms. The first-order valence-electron chi connectivity index (χ1n) is 11.9. The molecule has 0 spiro atoms. The van der Waals surface area contributed by atoms with Crippen molar-refractivity contribution in [1.29, 1.82) is 0 Å². The summed E-state index contributed by atoms with van der Waals surface area (Å²) >= 11 is 0. The van der Waals surface area contributed by atoms with Gasteiger partial charge in [-0.15, -0.1) is 0 Å². The van der Waals surface area contributed by atoms with E-state index in [2.05, 4.69) is 17.0 Å². The van der Waals surface area contributed by atoms with Crippen molar-refractivity contribution < 1.29 is 13.2 Å². The third-order valence-electron chi connectivity index (χ3n) is 6.67. The fraction of sp³-hybridized carbons (Fsp3) is 0.400. The molecular weight excluding hydrogens is 466 g/mol. The Morgan fingerprint density at radius 3 is 2.37 bits per heavy atom. The maximum atomic E-state index is 13.5.